The summed E-state index contributed by atoms with van der Waals surface area (Å²) >= 11 is 6.42. The van der Waals surface area contributed by atoms with Crippen molar-refractivity contribution in [3.63, 3.8) is 0 Å². The lowest BCUT2D eigenvalue weighted by Crippen LogP contribution is -2.31. The summed E-state index contributed by atoms with van der Waals surface area (Å²) in [6, 6.07) is 0.144. The minimum Gasteiger partial charge on any atom is -0.339 e. The molecule has 1 aromatic rings. The van der Waals surface area contributed by atoms with Gasteiger partial charge in [-0.15, -0.1) is 0 Å². The Morgan fingerprint density at radius 1 is 1.38 bits per heavy atom. The molecule has 0 saturated heterocycles. The van der Waals surface area contributed by atoms with Crippen LogP contribution in [0.1, 0.15) is 24.1 Å². The van der Waals surface area contributed by atoms with Crippen LogP contribution in [0.15, 0.2) is 28.0 Å². The van der Waals surface area contributed by atoms with Crippen LogP contribution >= 0.6 is 11.6 Å². The highest BCUT2D eigenvalue weighted by atomic mass is 35.5. The maximum atomic E-state index is 6.42. The Bertz CT molecular complexity index is 657. The van der Waals surface area contributed by atoms with E-state index in [1.165, 1.54) is 24.1 Å². The molecule has 21 heavy (non-hydrogen) atoms. The lowest BCUT2D eigenvalue weighted by molar-refractivity contribution is 0.302. The number of anilines is 1. The Hall–Kier alpha value is -1.75. The van der Waals surface area contributed by atoms with Crippen LogP contribution in [0.3, 0.4) is 0 Å². The van der Waals surface area contributed by atoms with Crippen molar-refractivity contribution in [1.29, 1.82) is 0 Å². The number of rotatable bonds is 2. The highest BCUT2D eigenvalue weighted by Gasteiger charge is 2.33. The van der Waals surface area contributed by atoms with E-state index in [1.807, 2.05) is 24.3 Å². The maximum absolute atomic E-state index is 6.42. The zero-order valence-corrected chi connectivity index (χ0v) is 12.7. The molecule has 110 valence electrons. The van der Waals surface area contributed by atoms with Crippen molar-refractivity contribution >= 4 is 23.6 Å². The van der Waals surface area contributed by atoms with Gasteiger partial charge in [-0.05, 0) is 37.8 Å². The van der Waals surface area contributed by atoms with E-state index in [9.17, 15) is 0 Å². The van der Waals surface area contributed by atoms with Crippen LogP contribution in [0.2, 0.25) is 0 Å². The number of hydrogen-bond donors (Lipinski definition) is 2. The molecule has 2 N–H and O–H groups in total. The molecule has 4 rings (SSSR count). The number of H-pyrrole nitrogens is 1. The summed E-state index contributed by atoms with van der Waals surface area (Å²) < 4.78 is 0. The minimum atomic E-state index is 0.144. The van der Waals surface area contributed by atoms with Crippen LogP contribution < -0.4 is 5.32 Å². The summed E-state index contributed by atoms with van der Waals surface area (Å²) in [5.41, 5.74) is 3.60. The van der Waals surface area contributed by atoms with Gasteiger partial charge in [0.2, 0.25) is 0 Å². The number of fused-ring (bicyclic) bond motifs is 2. The van der Waals surface area contributed by atoms with E-state index in [4.69, 9.17) is 11.6 Å². The van der Waals surface area contributed by atoms with Gasteiger partial charge in [0, 0.05) is 41.2 Å². The van der Waals surface area contributed by atoms with Gasteiger partial charge in [0.1, 0.15) is 0 Å². The first-order chi connectivity index (χ1) is 10.2. The normalized spacial score (nSPS) is 27.0. The number of nitrogens with one attached hydrogen (secondary N) is 2. The lowest BCUT2D eigenvalue weighted by Gasteiger charge is -2.26. The fraction of sp³-hybridized carbons (Fsp3) is 0.467. The van der Waals surface area contributed by atoms with Crippen molar-refractivity contribution < 1.29 is 0 Å². The van der Waals surface area contributed by atoms with E-state index in [0.717, 1.165) is 29.4 Å². The van der Waals surface area contributed by atoms with E-state index in [0.29, 0.717) is 0 Å². The average Bonchev–Trinajstić information content (AvgIpc) is 3.04. The van der Waals surface area contributed by atoms with Crippen molar-refractivity contribution in [1.82, 2.24) is 15.2 Å². The molecule has 2 atom stereocenters. The molecule has 0 saturated carbocycles. The first-order valence-electron chi connectivity index (χ1n) is 7.41. The molecular weight excluding hydrogens is 286 g/mol. The van der Waals surface area contributed by atoms with E-state index >= 15 is 0 Å². The van der Waals surface area contributed by atoms with Gasteiger partial charge in [-0.2, -0.15) is 10.2 Å². The summed E-state index contributed by atoms with van der Waals surface area (Å²) in [6.07, 6.45) is 10.8. The van der Waals surface area contributed by atoms with Gasteiger partial charge >= 0.3 is 0 Å². The van der Waals surface area contributed by atoms with Gasteiger partial charge in [-0.3, -0.25) is 10.1 Å². The van der Waals surface area contributed by atoms with E-state index in [1.54, 1.807) is 0 Å². The minimum absolute atomic E-state index is 0.144. The number of aromatic nitrogens is 2. The molecule has 0 radical (unpaired) electrons. The fourth-order valence-corrected chi connectivity index (χ4v) is 3.77. The summed E-state index contributed by atoms with van der Waals surface area (Å²) in [6.45, 7) is 0. The number of hydrogen-bond acceptors (Lipinski definition) is 4. The molecule has 2 heterocycles. The van der Waals surface area contributed by atoms with Crippen molar-refractivity contribution in [2.45, 2.75) is 31.7 Å². The van der Waals surface area contributed by atoms with Crippen LogP contribution in [0.4, 0.5) is 5.82 Å². The third-order valence-electron chi connectivity index (χ3n) is 4.46. The monoisotopic (exact) mass is 303 g/mol. The highest BCUT2D eigenvalue weighted by molar-refractivity contribution is 6.30. The molecule has 0 amide bonds. The number of halogens is 1. The van der Waals surface area contributed by atoms with Gasteiger partial charge in [-0.25, -0.2) is 0 Å². The van der Waals surface area contributed by atoms with Crippen molar-refractivity contribution in [2.24, 2.45) is 11.0 Å². The Labute approximate surface area is 128 Å². The number of hydrazone groups is 1. The van der Waals surface area contributed by atoms with Crippen LogP contribution in [-0.4, -0.2) is 34.5 Å². The topological polar surface area (TPSA) is 56.3 Å². The van der Waals surface area contributed by atoms with Crippen LogP contribution in [0.5, 0.6) is 0 Å². The first kappa shape index (κ1) is 13.0. The van der Waals surface area contributed by atoms with Gasteiger partial charge < -0.3 is 5.32 Å². The molecule has 1 aliphatic heterocycles. The lowest BCUT2D eigenvalue weighted by atomic mass is 9.94. The van der Waals surface area contributed by atoms with E-state index in [-0.39, 0.29) is 12.0 Å². The average molecular weight is 304 g/mol. The van der Waals surface area contributed by atoms with Crippen molar-refractivity contribution in [3.05, 3.63) is 34.1 Å². The Kier molecular flexibility index (Phi) is 3.03. The maximum Gasteiger partial charge on any atom is 0.155 e. The zero-order chi connectivity index (χ0) is 14.4. The third-order valence-corrected chi connectivity index (χ3v) is 4.79. The van der Waals surface area contributed by atoms with Crippen LogP contribution in [0, 0.1) is 5.92 Å². The smallest absolute Gasteiger partial charge is 0.155 e. The molecule has 3 aliphatic rings. The van der Waals surface area contributed by atoms with Gasteiger partial charge in [0.05, 0.1) is 6.04 Å². The molecular formula is C15H18ClN5. The summed E-state index contributed by atoms with van der Waals surface area (Å²) in [5.74, 6) is 1.17. The number of allylic oxidation sites excluding steroid dienone is 1. The summed E-state index contributed by atoms with van der Waals surface area (Å²) in [5, 5.41) is 18.0. The van der Waals surface area contributed by atoms with Crippen molar-refractivity contribution in [2.75, 3.05) is 12.4 Å². The highest BCUT2D eigenvalue weighted by Crippen LogP contribution is 2.33. The fourth-order valence-electron chi connectivity index (χ4n) is 3.37. The number of likely N-dealkylation sites (N-methyl/N-ethyl adjacent to an activating group) is 1. The molecule has 0 aromatic carbocycles. The van der Waals surface area contributed by atoms with E-state index < -0.39 is 0 Å². The molecule has 0 bridgehead atoms. The van der Waals surface area contributed by atoms with E-state index in [2.05, 4.69) is 26.7 Å². The molecule has 1 aromatic heterocycles. The predicted octanol–water partition coefficient (Wildman–Crippen LogP) is 2.64. The number of nitrogens with zero attached hydrogens (tertiary/aromatic N) is 3. The SMILES string of the molecule is CN1N=CC2C=C(Nc3n[nH]c4c3CCCC4)C=C(Cl)C21. The van der Waals surface area contributed by atoms with Gasteiger partial charge in [-0.1, -0.05) is 11.6 Å². The zero-order valence-electron chi connectivity index (χ0n) is 11.9. The molecule has 2 unspecified atom stereocenters. The van der Waals surface area contributed by atoms with Crippen LogP contribution in [-0.2, 0) is 12.8 Å². The van der Waals surface area contributed by atoms with Gasteiger partial charge in [0.25, 0.3) is 0 Å². The molecule has 0 fully saturated rings. The first-order valence-corrected chi connectivity index (χ1v) is 7.79. The largest absolute Gasteiger partial charge is 0.339 e. The Balaban J connectivity index is 1.59. The molecule has 0 spiro atoms. The number of aromatic amines is 1. The molecule has 5 nitrogen and oxygen atoms in total. The second-order valence-corrected chi connectivity index (χ2v) is 6.31. The predicted molar refractivity (Wildman–Crippen MR) is 84.4 cm³/mol. The standard InChI is InChI=1S/C15H18ClN5/c1-21-14-9(8-17-21)6-10(7-12(14)16)18-15-11-4-2-3-5-13(11)19-20-15/h6-9,14H,2-5H2,1H3,(H2,18,19,20). The second-order valence-electron chi connectivity index (χ2n) is 5.87. The summed E-state index contributed by atoms with van der Waals surface area (Å²) in [4.78, 5) is 0. The number of aryl methyl sites for hydroxylation is 1. The second kappa shape index (κ2) is 4.91. The van der Waals surface area contributed by atoms with Crippen LogP contribution in [0.25, 0.3) is 0 Å². The third kappa shape index (κ3) is 2.16. The summed E-state index contributed by atoms with van der Waals surface area (Å²) in [7, 11) is 1.95. The van der Waals surface area contributed by atoms with Gasteiger partial charge in [0.15, 0.2) is 5.82 Å². The Morgan fingerprint density at radius 3 is 3.14 bits per heavy atom. The molecule has 2 aliphatic carbocycles. The molecule has 6 heteroatoms. The van der Waals surface area contributed by atoms with Crippen molar-refractivity contribution in [3.8, 4) is 0 Å². The Morgan fingerprint density at radius 2 is 2.24 bits per heavy atom. The quantitative estimate of drug-likeness (QED) is 0.883.